The Morgan fingerprint density at radius 1 is 1.57 bits per heavy atom. The Labute approximate surface area is 84.6 Å². The molecule has 4 heteroatoms. The van der Waals surface area contributed by atoms with Gasteiger partial charge in [0.05, 0.1) is 0 Å². The van der Waals surface area contributed by atoms with Gasteiger partial charge in [0.15, 0.2) is 0 Å². The summed E-state index contributed by atoms with van der Waals surface area (Å²) in [5.41, 5.74) is 0.786. The first-order valence-corrected chi connectivity index (χ1v) is 4.84. The van der Waals surface area contributed by atoms with E-state index in [4.69, 9.17) is 10.2 Å². The van der Waals surface area contributed by atoms with Crippen molar-refractivity contribution in [2.45, 2.75) is 32.7 Å². The Morgan fingerprint density at radius 2 is 2.21 bits per heavy atom. The molecule has 1 atom stereocenters. The maximum Gasteiger partial charge on any atom is 0.328 e. The Bertz CT molecular complexity index is 202. The van der Waals surface area contributed by atoms with Crippen LogP contribution in [0.15, 0.2) is 11.6 Å². The Morgan fingerprint density at radius 3 is 2.64 bits per heavy atom. The van der Waals surface area contributed by atoms with Crippen LogP contribution in [0.3, 0.4) is 0 Å². The molecule has 0 aromatic heterocycles. The highest BCUT2D eigenvalue weighted by atomic mass is 16.4. The quantitative estimate of drug-likeness (QED) is 0.532. The lowest BCUT2D eigenvalue weighted by atomic mass is 10.1. The summed E-state index contributed by atoms with van der Waals surface area (Å²) in [6.07, 6.45) is 2.83. The van der Waals surface area contributed by atoms with Crippen molar-refractivity contribution >= 4 is 5.97 Å². The number of rotatable bonds is 7. The Hall–Kier alpha value is -0.870. The van der Waals surface area contributed by atoms with Crippen molar-refractivity contribution in [3.8, 4) is 0 Å². The topological polar surface area (TPSA) is 69.6 Å². The highest BCUT2D eigenvalue weighted by molar-refractivity contribution is 5.80. The molecular weight excluding hydrogens is 182 g/mol. The van der Waals surface area contributed by atoms with Crippen LogP contribution in [0.5, 0.6) is 0 Å². The maximum atomic E-state index is 10.3. The van der Waals surface area contributed by atoms with E-state index in [1.165, 1.54) is 6.08 Å². The molecule has 0 bridgehead atoms. The first-order chi connectivity index (χ1) is 6.60. The molecule has 1 unspecified atom stereocenters. The average molecular weight is 201 g/mol. The zero-order chi connectivity index (χ0) is 11.0. The fraction of sp³-hybridized carbons (Fsp3) is 0.700. The van der Waals surface area contributed by atoms with Gasteiger partial charge in [-0.3, -0.25) is 0 Å². The number of aliphatic hydroxyl groups excluding tert-OH is 1. The molecule has 0 aromatic rings. The molecule has 0 radical (unpaired) electrons. The van der Waals surface area contributed by atoms with Gasteiger partial charge in [-0.25, -0.2) is 4.79 Å². The van der Waals surface area contributed by atoms with Gasteiger partial charge in [-0.2, -0.15) is 0 Å². The molecule has 0 rings (SSSR count). The van der Waals surface area contributed by atoms with Crippen LogP contribution < -0.4 is 5.32 Å². The van der Waals surface area contributed by atoms with Gasteiger partial charge >= 0.3 is 5.97 Å². The second-order valence-electron chi connectivity index (χ2n) is 3.33. The third kappa shape index (κ3) is 6.62. The minimum Gasteiger partial charge on any atom is -0.478 e. The van der Waals surface area contributed by atoms with Crippen LogP contribution in [0.1, 0.15) is 26.7 Å². The van der Waals surface area contributed by atoms with E-state index < -0.39 is 5.97 Å². The van der Waals surface area contributed by atoms with Crippen molar-refractivity contribution in [3.63, 3.8) is 0 Å². The van der Waals surface area contributed by atoms with E-state index in [1.54, 1.807) is 6.92 Å². The van der Waals surface area contributed by atoms with Gasteiger partial charge in [0.1, 0.15) is 0 Å². The number of nitrogens with one attached hydrogen (secondary N) is 1. The summed E-state index contributed by atoms with van der Waals surface area (Å²) >= 11 is 0. The van der Waals surface area contributed by atoms with Gasteiger partial charge in [0.2, 0.25) is 0 Å². The van der Waals surface area contributed by atoms with Crippen LogP contribution in [0, 0.1) is 0 Å². The molecule has 14 heavy (non-hydrogen) atoms. The second kappa shape index (κ2) is 7.53. The molecule has 0 saturated heterocycles. The van der Waals surface area contributed by atoms with Crippen LogP contribution in [0.4, 0.5) is 0 Å². The zero-order valence-corrected chi connectivity index (χ0v) is 8.79. The number of carboxylic acid groups (broad SMARTS) is 1. The first kappa shape index (κ1) is 13.1. The number of aliphatic hydroxyl groups is 1. The second-order valence-corrected chi connectivity index (χ2v) is 3.33. The first-order valence-electron chi connectivity index (χ1n) is 4.84. The van der Waals surface area contributed by atoms with Crippen LogP contribution in [-0.4, -0.2) is 35.4 Å². The molecule has 4 nitrogen and oxygen atoms in total. The van der Waals surface area contributed by atoms with Crippen molar-refractivity contribution in [2.75, 3.05) is 13.2 Å². The lowest BCUT2D eigenvalue weighted by Gasteiger charge is -2.15. The molecular formula is C10H19NO3. The lowest BCUT2D eigenvalue weighted by Crippen LogP contribution is -2.30. The third-order valence-electron chi connectivity index (χ3n) is 2.01. The summed E-state index contributed by atoms with van der Waals surface area (Å²) in [5.74, 6) is -0.917. The largest absolute Gasteiger partial charge is 0.478 e. The summed E-state index contributed by atoms with van der Waals surface area (Å²) in [7, 11) is 0. The smallest absolute Gasteiger partial charge is 0.328 e. The number of carbonyl (C=O) groups is 1. The fourth-order valence-electron chi connectivity index (χ4n) is 1.17. The Balaban J connectivity index is 3.84. The standard InChI is InChI=1S/C10H19NO3/c1-3-9(4-5-12)11-7-8(2)6-10(13)14/h6,9,11-12H,3-5,7H2,1-2H3,(H,13,14). The highest BCUT2D eigenvalue weighted by Crippen LogP contribution is 1.98. The SMILES string of the molecule is CCC(CCO)NCC(C)=CC(=O)O. The van der Waals surface area contributed by atoms with Crippen molar-refractivity contribution in [3.05, 3.63) is 11.6 Å². The molecule has 0 amide bonds. The molecule has 0 saturated carbocycles. The van der Waals surface area contributed by atoms with Crippen LogP contribution >= 0.6 is 0 Å². The minimum atomic E-state index is -0.917. The lowest BCUT2D eigenvalue weighted by molar-refractivity contribution is -0.131. The van der Waals surface area contributed by atoms with Crippen molar-refractivity contribution in [2.24, 2.45) is 0 Å². The predicted molar refractivity (Wildman–Crippen MR) is 55.2 cm³/mol. The summed E-state index contributed by atoms with van der Waals surface area (Å²) in [6.45, 7) is 4.52. The molecule has 0 spiro atoms. The summed E-state index contributed by atoms with van der Waals surface area (Å²) < 4.78 is 0. The number of aliphatic carboxylic acids is 1. The summed E-state index contributed by atoms with van der Waals surface area (Å²) in [4.78, 5) is 10.3. The minimum absolute atomic E-state index is 0.160. The van der Waals surface area contributed by atoms with Gasteiger partial charge < -0.3 is 15.5 Å². The fourth-order valence-corrected chi connectivity index (χ4v) is 1.17. The van der Waals surface area contributed by atoms with Crippen LogP contribution in [-0.2, 0) is 4.79 Å². The van der Waals surface area contributed by atoms with E-state index in [1.807, 2.05) is 6.92 Å². The van der Waals surface area contributed by atoms with E-state index in [-0.39, 0.29) is 12.6 Å². The number of carboxylic acids is 1. The van der Waals surface area contributed by atoms with E-state index in [0.717, 1.165) is 12.0 Å². The number of hydrogen-bond acceptors (Lipinski definition) is 3. The Kier molecular flexibility index (Phi) is 7.06. The van der Waals surface area contributed by atoms with Crippen molar-refractivity contribution in [1.29, 1.82) is 0 Å². The molecule has 0 aromatic carbocycles. The van der Waals surface area contributed by atoms with Gasteiger partial charge in [0.25, 0.3) is 0 Å². The van der Waals surface area contributed by atoms with Crippen molar-refractivity contribution < 1.29 is 15.0 Å². The van der Waals surface area contributed by atoms with Crippen LogP contribution in [0.2, 0.25) is 0 Å². The normalized spacial score (nSPS) is 14.1. The molecule has 0 aliphatic heterocycles. The highest BCUT2D eigenvalue weighted by Gasteiger charge is 2.04. The van der Waals surface area contributed by atoms with E-state index in [2.05, 4.69) is 5.32 Å². The number of hydrogen-bond donors (Lipinski definition) is 3. The third-order valence-corrected chi connectivity index (χ3v) is 2.01. The predicted octanol–water partition coefficient (Wildman–Crippen LogP) is 0.768. The molecule has 0 aliphatic carbocycles. The molecule has 0 fully saturated rings. The molecule has 3 N–H and O–H groups in total. The monoisotopic (exact) mass is 201 g/mol. The van der Waals surface area contributed by atoms with E-state index in [0.29, 0.717) is 13.0 Å². The summed E-state index contributed by atoms with van der Waals surface area (Å²) in [6, 6.07) is 0.261. The van der Waals surface area contributed by atoms with Gasteiger partial charge in [0, 0.05) is 25.3 Å². The molecule has 0 heterocycles. The molecule has 0 aliphatic rings. The van der Waals surface area contributed by atoms with Gasteiger partial charge in [-0.1, -0.05) is 12.5 Å². The van der Waals surface area contributed by atoms with Crippen molar-refractivity contribution in [1.82, 2.24) is 5.32 Å². The zero-order valence-electron chi connectivity index (χ0n) is 8.79. The van der Waals surface area contributed by atoms with Crippen LogP contribution in [0.25, 0.3) is 0 Å². The van der Waals surface area contributed by atoms with E-state index in [9.17, 15) is 4.79 Å². The van der Waals surface area contributed by atoms with Gasteiger partial charge in [-0.05, 0) is 19.8 Å². The summed E-state index contributed by atoms with van der Waals surface area (Å²) in [5, 5.41) is 20.4. The average Bonchev–Trinajstić information content (AvgIpc) is 2.11. The maximum absolute atomic E-state index is 10.3. The molecule has 82 valence electrons. The van der Waals surface area contributed by atoms with E-state index >= 15 is 0 Å². The van der Waals surface area contributed by atoms with Gasteiger partial charge in [-0.15, -0.1) is 0 Å².